The Morgan fingerprint density at radius 2 is 2.10 bits per heavy atom. The van der Waals surface area contributed by atoms with E-state index in [0.717, 1.165) is 16.9 Å². The number of hydrogen-bond acceptors (Lipinski definition) is 4. The number of nitrogens with one attached hydrogen (secondary N) is 1. The van der Waals surface area contributed by atoms with Crippen molar-refractivity contribution < 1.29 is 0 Å². The molecule has 1 aromatic carbocycles. The molecule has 2 aromatic heterocycles. The third-order valence-electron chi connectivity index (χ3n) is 3.37. The van der Waals surface area contributed by atoms with Gasteiger partial charge in [-0.05, 0) is 30.2 Å². The number of nitrogens with zero attached hydrogens (tertiary/aromatic N) is 4. The Balaban J connectivity index is 1.82. The predicted octanol–water partition coefficient (Wildman–Crippen LogP) is 3.05. The molecule has 0 saturated heterocycles. The predicted molar refractivity (Wildman–Crippen MR) is 82.7 cm³/mol. The second-order valence-electron chi connectivity index (χ2n) is 4.99. The van der Waals surface area contributed by atoms with Crippen molar-refractivity contribution in [3.05, 3.63) is 60.8 Å². The maximum Gasteiger partial charge on any atom is 0.129 e. The molecule has 5 nitrogen and oxygen atoms in total. The Hall–Kier alpha value is -2.69. The van der Waals surface area contributed by atoms with E-state index in [1.54, 1.807) is 12.5 Å². The topological polar surface area (TPSA) is 55.6 Å². The molecule has 1 atom stereocenters. The van der Waals surface area contributed by atoms with Crippen LogP contribution in [-0.2, 0) is 7.05 Å². The highest BCUT2D eigenvalue weighted by molar-refractivity contribution is 5.63. The summed E-state index contributed by atoms with van der Waals surface area (Å²) in [6, 6.07) is 10.5. The fourth-order valence-corrected chi connectivity index (χ4v) is 2.24. The van der Waals surface area contributed by atoms with Crippen LogP contribution in [0.2, 0.25) is 0 Å². The van der Waals surface area contributed by atoms with Crippen LogP contribution in [0.4, 0.5) is 5.82 Å². The molecule has 21 heavy (non-hydrogen) atoms. The lowest BCUT2D eigenvalue weighted by Crippen LogP contribution is -2.07. The molecule has 0 aliphatic carbocycles. The van der Waals surface area contributed by atoms with E-state index in [0.29, 0.717) is 0 Å². The van der Waals surface area contributed by atoms with Crippen molar-refractivity contribution in [2.75, 3.05) is 5.32 Å². The summed E-state index contributed by atoms with van der Waals surface area (Å²) in [5, 5.41) is 7.59. The number of anilines is 1. The van der Waals surface area contributed by atoms with Crippen LogP contribution in [0.3, 0.4) is 0 Å². The molecule has 0 spiro atoms. The zero-order valence-corrected chi connectivity index (χ0v) is 12.1. The Morgan fingerprint density at radius 1 is 1.19 bits per heavy atom. The zero-order chi connectivity index (χ0) is 14.7. The van der Waals surface area contributed by atoms with Gasteiger partial charge in [0, 0.05) is 31.0 Å². The van der Waals surface area contributed by atoms with Gasteiger partial charge in [-0.15, -0.1) is 0 Å². The summed E-state index contributed by atoms with van der Waals surface area (Å²) in [6.45, 7) is 2.12. The number of aromatic nitrogens is 4. The third-order valence-corrected chi connectivity index (χ3v) is 3.37. The van der Waals surface area contributed by atoms with Crippen LogP contribution in [0, 0.1) is 0 Å². The summed E-state index contributed by atoms with van der Waals surface area (Å²) < 4.78 is 1.81. The molecule has 0 radical (unpaired) electrons. The van der Waals surface area contributed by atoms with Crippen LogP contribution in [0.15, 0.2) is 55.2 Å². The van der Waals surface area contributed by atoms with Gasteiger partial charge in [0.2, 0.25) is 0 Å². The fourth-order valence-electron chi connectivity index (χ4n) is 2.24. The average molecular weight is 279 g/mol. The first-order valence-electron chi connectivity index (χ1n) is 6.84. The molecule has 0 aliphatic rings. The van der Waals surface area contributed by atoms with E-state index in [1.807, 2.05) is 30.2 Å². The first-order chi connectivity index (χ1) is 10.2. The normalized spacial score (nSPS) is 12.1. The maximum atomic E-state index is 4.22. The van der Waals surface area contributed by atoms with E-state index >= 15 is 0 Å². The Kier molecular flexibility index (Phi) is 3.64. The van der Waals surface area contributed by atoms with E-state index in [4.69, 9.17) is 0 Å². The highest BCUT2D eigenvalue weighted by Gasteiger charge is 2.08. The quantitative estimate of drug-likeness (QED) is 0.797. The Labute approximate surface area is 123 Å². The van der Waals surface area contributed by atoms with Gasteiger partial charge in [-0.2, -0.15) is 5.10 Å². The number of hydrogen-bond donors (Lipinski definition) is 1. The molecular formula is C16H17N5. The van der Waals surface area contributed by atoms with Gasteiger partial charge in [0.25, 0.3) is 0 Å². The average Bonchev–Trinajstić information content (AvgIpc) is 2.95. The van der Waals surface area contributed by atoms with Crippen LogP contribution in [0.25, 0.3) is 11.1 Å². The second-order valence-corrected chi connectivity index (χ2v) is 4.99. The van der Waals surface area contributed by atoms with Gasteiger partial charge in [0.1, 0.15) is 12.1 Å². The molecule has 0 saturated carbocycles. The summed E-state index contributed by atoms with van der Waals surface area (Å²) in [5.74, 6) is 0.823. The molecule has 0 aliphatic heterocycles. The smallest absolute Gasteiger partial charge is 0.129 e. The van der Waals surface area contributed by atoms with Gasteiger partial charge in [-0.3, -0.25) is 4.68 Å². The minimum atomic E-state index is 0.163. The number of benzene rings is 1. The highest BCUT2D eigenvalue weighted by Crippen LogP contribution is 2.24. The minimum Gasteiger partial charge on any atom is -0.363 e. The summed E-state index contributed by atoms with van der Waals surface area (Å²) in [6.07, 6.45) is 7.17. The molecule has 5 heteroatoms. The van der Waals surface area contributed by atoms with E-state index in [9.17, 15) is 0 Å². The van der Waals surface area contributed by atoms with Crippen LogP contribution in [-0.4, -0.2) is 19.7 Å². The van der Waals surface area contributed by atoms with Gasteiger partial charge in [-0.25, -0.2) is 9.97 Å². The largest absolute Gasteiger partial charge is 0.363 e. The lowest BCUT2D eigenvalue weighted by Gasteiger charge is -2.15. The molecule has 0 bridgehead atoms. The van der Waals surface area contributed by atoms with Crippen molar-refractivity contribution in [1.82, 2.24) is 19.7 Å². The van der Waals surface area contributed by atoms with Crippen molar-refractivity contribution in [2.45, 2.75) is 13.0 Å². The molecule has 3 rings (SSSR count). The van der Waals surface area contributed by atoms with Gasteiger partial charge < -0.3 is 5.32 Å². The summed E-state index contributed by atoms with van der Waals surface area (Å²) in [4.78, 5) is 8.11. The summed E-state index contributed by atoms with van der Waals surface area (Å²) >= 11 is 0. The molecule has 106 valence electrons. The van der Waals surface area contributed by atoms with Crippen LogP contribution in [0.5, 0.6) is 0 Å². The Morgan fingerprint density at radius 3 is 2.81 bits per heavy atom. The summed E-state index contributed by atoms with van der Waals surface area (Å²) in [7, 11) is 1.92. The van der Waals surface area contributed by atoms with Gasteiger partial charge >= 0.3 is 0 Å². The van der Waals surface area contributed by atoms with Crippen molar-refractivity contribution in [3.8, 4) is 11.1 Å². The second kappa shape index (κ2) is 5.75. The minimum absolute atomic E-state index is 0.163. The maximum absolute atomic E-state index is 4.22. The molecule has 1 N–H and O–H groups in total. The molecule has 0 fully saturated rings. The third kappa shape index (κ3) is 3.08. The van der Waals surface area contributed by atoms with E-state index in [1.165, 1.54) is 5.56 Å². The number of aryl methyl sites for hydroxylation is 1. The van der Waals surface area contributed by atoms with Gasteiger partial charge in [0.05, 0.1) is 6.20 Å². The lowest BCUT2D eigenvalue weighted by atomic mass is 10.0. The van der Waals surface area contributed by atoms with Crippen molar-refractivity contribution >= 4 is 5.82 Å². The van der Waals surface area contributed by atoms with Crippen molar-refractivity contribution in [2.24, 2.45) is 7.05 Å². The zero-order valence-electron chi connectivity index (χ0n) is 12.1. The molecule has 1 unspecified atom stereocenters. The van der Waals surface area contributed by atoms with E-state index in [2.05, 4.69) is 51.6 Å². The SMILES string of the molecule is CC(Nc1ccncn1)c1cccc(-c2cnn(C)c2)c1. The first kappa shape index (κ1) is 13.3. The van der Waals surface area contributed by atoms with Crippen molar-refractivity contribution in [3.63, 3.8) is 0 Å². The molecule has 0 amide bonds. The van der Waals surface area contributed by atoms with E-state index in [-0.39, 0.29) is 6.04 Å². The van der Waals surface area contributed by atoms with Crippen molar-refractivity contribution in [1.29, 1.82) is 0 Å². The van der Waals surface area contributed by atoms with E-state index < -0.39 is 0 Å². The van der Waals surface area contributed by atoms with Gasteiger partial charge in [-0.1, -0.05) is 18.2 Å². The lowest BCUT2D eigenvalue weighted by molar-refractivity contribution is 0.768. The monoisotopic (exact) mass is 279 g/mol. The van der Waals surface area contributed by atoms with Crippen LogP contribution < -0.4 is 5.32 Å². The van der Waals surface area contributed by atoms with Crippen LogP contribution >= 0.6 is 0 Å². The first-order valence-corrected chi connectivity index (χ1v) is 6.84. The molecule has 3 aromatic rings. The van der Waals surface area contributed by atoms with Gasteiger partial charge in [0.15, 0.2) is 0 Å². The Bertz CT molecular complexity index is 720. The molecule has 2 heterocycles. The highest BCUT2D eigenvalue weighted by atomic mass is 15.2. The van der Waals surface area contributed by atoms with Crippen LogP contribution in [0.1, 0.15) is 18.5 Å². The fraction of sp³-hybridized carbons (Fsp3) is 0.188. The number of rotatable bonds is 4. The summed E-state index contributed by atoms with van der Waals surface area (Å²) in [5.41, 5.74) is 3.49. The molecular weight excluding hydrogens is 262 g/mol. The standard InChI is InChI=1S/C16H17N5/c1-12(20-16-6-7-17-11-18-16)13-4-3-5-14(8-13)15-9-19-21(2)10-15/h3-12H,1-2H3,(H,17,18,20).